The van der Waals surface area contributed by atoms with E-state index in [0.717, 1.165) is 9.86 Å². The van der Waals surface area contributed by atoms with Crippen LogP contribution >= 0.6 is 15.9 Å². The maximum Gasteiger partial charge on any atom is 0.375 e. The number of hydrogen-bond acceptors (Lipinski definition) is 4. The summed E-state index contributed by atoms with van der Waals surface area (Å²) in [7, 11) is 0. The molecule has 7 heteroatoms. The third kappa shape index (κ3) is 3.62. The van der Waals surface area contributed by atoms with Crippen LogP contribution in [0, 0.1) is 12.7 Å². The molecule has 1 amide bonds. The van der Waals surface area contributed by atoms with Gasteiger partial charge in [0.05, 0.1) is 5.69 Å². The standard InChI is InChI=1S/C19H15BrFNO4/c1-10-13-9-12(20)7-8-16(13)26-17(10)19(24)25-11(2)18(23)22-15-6-4-3-5-14(15)21/h3-9,11H,1-2H3,(H,22,23). The molecule has 3 aromatic rings. The molecular weight excluding hydrogens is 405 g/mol. The summed E-state index contributed by atoms with van der Waals surface area (Å²) in [4.78, 5) is 24.5. The highest BCUT2D eigenvalue weighted by atomic mass is 79.9. The van der Waals surface area contributed by atoms with Crippen molar-refractivity contribution in [3.8, 4) is 0 Å². The highest BCUT2D eigenvalue weighted by Gasteiger charge is 2.24. The van der Waals surface area contributed by atoms with Gasteiger partial charge in [-0.15, -0.1) is 0 Å². The summed E-state index contributed by atoms with van der Waals surface area (Å²) in [5, 5.41) is 3.16. The number of para-hydroxylation sites is 1. The molecule has 1 atom stereocenters. The van der Waals surface area contributed by atoms with Gasteiger partial charge in [-0.2, -0.15) is 0 Å². The molecule has 0 aliphatic carbocycles. The van der Waals surface area contributed by atoms with Gasteiger partial charge in [0.1, 0.15) is 11.4 Å². The first-order valence-corrected chi connectivity index (χ1v) is 8.61. The summed E-state index contributed by atoms with van der Waals surface area (Å²) in [5.74, 6) is -1.94. The van der Waals surface area contributed by atoms with Crippen LogP contribution in [0.3, 0.4) is 0 Å². The van der Waals surface area contributed by atoms with Gasteiger partial charge in [0.15, 0.2) is 6.10 Å². The second kappa shape index (κ2) is 7.29. The van der Waals surface area contributed by atoms with Gasteiger partial charge in [-0.1, -0.05) is 28.1 Å². The first kappa shape index (κ1) is 18.1. The largest absolute Gasteiger partial charge is 0.449 e. The summed E-state index contributed by atoms with van der Waals surface area (Å²) in [5.41, 5.74) is 1.18. The molecule has 2 aromatic carbocycles. The molecule has 0 saturated heterocycles. The molecule has 0 aliphatic rings. The molecule has 5 nitrogen and oxygen atoms in total. The van der Waals surface area contributed by atoms with Crippen molar-refractivity contribution in [3.63, 3.8) is 0 Å². The Bertz CT molecular complexity index is 998. The number of benzene rings is 2. The quantitative estimate of drug-likeness (QED) is 0.615. The van der Waals surface area contributed by atoms with Crippen LogP contribution in [-0.2, 0) is 9.53 Å². The van der Waals surface area contributed by atoms with E-state index >= 15 is 0 Å². The van der Waals surface area contributed by atoms with Crippen LogP contribution in [0.1, 0.15) is 23.0 Å². The number of amides is 1. The number of ether oxygens (including phenoxy) is 1. The Morgan fingerprint density at radius 2 is 1.96 bits per heavy atom. The molecule has 134 valence electrons. The maximum absolute atomic E-state index is 13.6. The number of esters is 1. The molecular formula is C19H15BrFNO4. The van der Waals surface area contributed by atoms with Crippen molar-refractivity contribution >= 4 is 44.5 Å². The summed E-state index contributed by atoms with van der Waals surface area (Å²) in [6, 6.07) is 11.1. The number of rotatable bonds is 4. The number of nitrogens with one attached hydrogen (secondary N) is 1. The number of fused-ring (bicyclic) bond motifs is 1. The summed E-state index contributed by atoms with van der Waals surface area (Å²) < 4.78 is 25.2. The fourth-order valence-electron chi connectivity index (χ4n) is 2.45. The lowest BCUT2D eigenvalue weighted by atomic mass is 10.1. The van der Waals surface area contributed by atoms with Gasteiger partial charge in [0.25, 0.3) is 5.91 Å². The molecule has 1 N–H and O–H groups in total. The molecule has 1 unspecified atom stereocenters. The van der Waals surface area contributed by atoms with Crippen molar-refractivity contribution in [2.24, 2.45) is 0 Å². The third-order valence-electron chi connectivity index (χ3n) is 3.87. The van der Waals surface area contributed by atoms with Gasteiger partial charge in [-0.05, 0) is 44.2 Å². The smallest absolute Gasteiger partial charge is 0.375 e. The van der Waals surface area contributed by atoms with E-state index < -0.39 is 23.8 Å². The van der Waals surface area contributed by atoms with Crippen LogP contribution in [0.2, 0.25) is 0 Å². The Labute approximate surface area is 157 Å². The lowest BCUT2D eigenvalue weighted by Gasteiger charge is -2.13. The normalized spacial score (nSPS) is 12.0. The van der Waals surface area contributed by atoms with Crippen molar-refractivity contribution < 1.29 is 23.1 Å². The van der Waals surface area contributed by atoms with Crippen LogP contribution in [-0.4, -0.2) is 18.0 Å². The van der Waals surface area contributed by atoms with E-state index in [1.54, 1.807) is 25.1 Å². The molecule has 0 bridgehead atoms. The van der Waals surface area contributed by atoms with Gasteiger partial charge in [0.2, 0.25) is 5.76 Å². The maximum atomic E-state index is 13.6. The topological polar surface area (TPSA) is 68.5 Å². The number of anilines is 1. The molecule has 0 spiro atoms. The van der Waals surface area contributed by atoms with Crippen LogP contribution in [0.25, 0.3) is 11.0 Å². The van der Waals surface area contributed by atoms with Crippen molar-refractivity contribution in [1.29, 1.82) is 0 Å². The molecule has 1 heterocycles. The molecule has 0 aliphatic heterocycles. The average Bonchev–Trinajstić information content (AvgIpc) is 2.93. The molecule has 1 aromatic heterocycles. The number of halogens is 2. The Balaban J connectivity index is 1.74. The highest BCUT2D eigenvalue weighted by Crippen LogP contribution is 2.28. The zero-order valence-electron chi connectivity index (χ0n) is 14.0. The number of carbonyl (C=O) groups is 2. The van der Waals surface area contributed by atoms with Crippen LogP contribution in [0.5, 0.6) is 0 Å². The van der Waals surface area contributed by atoms with E-state index in [1.165, 1.54) is 25.1 Å². The van der Waals surface area contributed by atoms with E-state index in [4.69, 9.17) is 9.15 Å². The minimum atomic E-state index is -1.12. The third-order valence-corrected chi connectivity index (χ3v) is 4.36. The predicted octanol–water partition coefficient (Wildman–Crippen LogP) is 4.83. The van der Waals surface area contributed by atoms with Gasteiger partial charge in [-0.3, -0.25) is 4.79 Å². The number of carbonyl (C=O) groups excluding carboxylic acids is 2. The van der Waals surface area contributed by atoms with Crippen molar-refractivity contribution in [3.05, 3.63) is 64.1 Å². The van der Waals surface area contributed by atoms with Crippen molar-refractivity contribution in [1.82, 2.24) is 0 Å². The molecule has 3 rings (SSSR count). The van der Waals surface area contributed by atoms with Gasteiger partial charge in [-0.25, -0.2) is 9.18 Å². The van der Waals surface area contributed by atoms with E-state index in [2.05, 4.69) is 21.2 Å². The van der Waals surface area contributed by atoms with Crippen molar-refractivity contribution in [2.75, 3.05) is 5.32 Å². The average molecular weight is 420 g/mol. The lowest BCUT2D eigenvalue weighted by molar-refractivity contribution is -0.123. The monoisotopic (exact) mass is 419 g/mol. The molecule has 0 fully saturated rings. The Morgan fingerprint density at radius 3 is 2.69 bits per heavy atom. The Morgan fingerprint density at radius 1 is 1.23 bits per heavy atom. The molecule has 0 radical (unpaired) electrons. The zero-order chi connectivity index (χ0) is 18.8. The second-order valence-corrected chi connectivity index (χ2v) is 6.63. The number of hydrogen-bond donors (Lipinski definition) is 1. The fourth-order valence-corrected chi connectivity index (χ4v) is 2.81. The fraction of sp³-hybridized carbons (Fsp3) is 0.158. The summed E-state index contributed by atoms with van der Waals surface area (Å²) in [6.45, 7) is 3.14. The van der Waals surface area contributed by atoms with Crippen LogP contribution in [0.4, 0.5) is 10.1 Å². The summed E-state index contributed by atoms with van der Waals surface area (Å²) >= 11 is 3.37. The zero-order valence-corrected chi connectivity index (χ0v) is 15.6. The molecule has 26 heavy (non-hydrogen) atoms. The first-order chi connectivity index (χ1) is 12.4. The Hall–Kier alpha value is -2.67. The van der Waals surface area contributed by atoms with Gasteiger partial charge < -0.3 is 14.5 Å². The highest BCUT2D eigenvalue weighted by molar-refractivity contribution is 9.10. The predicted molar refractivity (Wildman–Crippen MR) is 98.6 cm³/mol. The van der Waals surface area contributed by atoms with E-state index in [1.807, 2.05) is 6.07 Å². The number of furan rings is 1. The lowest BCUT2D eigenvalue weighted by Crippen LogP contribution is -2.30. The van der Waals surface area contributed by atoms with E-state index in [-0.39, 0.29) is 11.4 Å². The van der Waals surface area contributed by atoms with E-state index in [0.29, 0.717) is 11.1 Å². The minimum absolute atomic E-state index is 0.0187. The second-order valence-electron chi connectivity index (χ2n) is 5.71. The van der Waals surface area contributed by atoms with Gasteiger partial charge >= 0.3 is 5.97 Å². The van der Waals surface area contributed by atoms with Crippen LogP contribution < -0.4 is 5.32 Å². The van der Waals surface area contributed by atoms with Crippen LogP contribution in [0.15, 0.2) is 51.4 Å². The first-order valence-electron chi connectivity index (χ1n) is 7.82. The van der Waals surface area contributed by atoms with Gasteiger partial charge in [0, 0.05) is 15.4 Å². The summed E-state index contributed by atoms with van der Waals surface area (Å²) in [6.07, 6.45) is -1.12. The van der Waals surface area contributed by atoms with Crippen molar-refractivity contribution in [2.45, 2.75) is 20.0 Å². The SMILES string of the molecule is Cc1c(C(=O)OC(C)C(=O)Nc2ccccc2F)oc2ccc(Br)cc12. The minimum Gasteiger partial charge on any atom is -0.449 e. The van der Waals surface area contributed by atoms with E-state index in [9.17, 15) is 14.0 Å². The Kier molecular flexibility index (Phi) is 5.08. The number of aryl methyl sites for hydroxylation is 1. The molecule has 0 saturated carbocycles.